The molecular formula is C11H18N4. The minimum absolute atomic E-state index is 0.333. The fraction of sp³-hybridized carbons (Fsp3) is 0.636. The molecule has 0 unspecified atom stereocenters. The minimum atomic E-state index is 0.333. The number of nitrogen functional groups attached to an aromatic ring is 1. The second-order valence-electron chi connectivity index (χ2n) is 4.36. The monoisotopic (exact) mass is 206 g/mol. The van der Waals surface area contributed by atoms with Crippen molar-refractivity contribution in [1.29, 1.82) is 0 Å². The van der Waals surface area contributed by atoms with E-state index in [0.29, 0.717) is 11.4 Å². The maximum atomic E-state index is 5.51. The molecule has 1 aliphatic carbocycles. The van der Waals surface area contributed by atoms with E-state index in [4.69, 9.17) is 5.73 Å². The molecule has 4 heteroatoms. The van der Waals surface area contributed by atoms with Crippen LogP contribution in [0, 0.1) is 5.41 Å². The van der Waals surface area contributed by atoms with Crippen LogP contribution in [0.2, 0.25) is 0 Å². The van der Waals surface area contributed by atoms with Crippen LogP contribution in [0.25, 0.3) is 0 Å². The van der Waals surface area contributed by atoms with Crippen molar-refractivity contribution in [2.24, 2.45) is 5.41 Å². The molecule has 1 aromatic heterocycles. The molecule has 1 saturated carbocycles. The second kappa shape index (κ2) is 4.04. The highest BCUT2D eigenvalue weighted by molar-refractivity contribution is 5.37. The van der Waals surface area contributed by atoms with Crippen LogP contribution in [0.15, 0.2) is 12.3 Å². The summed E-state index contributed by atoms with van der Waals surface area (Å²) in [5.41, 5.74) is 6.01. The highest BCUT2D eigenvalue weighted by Crippen LogP contribution is 2.43. The first-order valence-electron chi connectivity index (χ1n) is 5.56. The Hall–Kier alpha value is -1.32. The van der Waals surface area contributed by atoms with Gasteiger partial charge in [0.15, 0.2) is 0 Å². The summed E-state index contributed by atoms with van der Waals surface area (Å²) < 4.78 is 0. The lowest BCUT2D eigenvalue weighted by Crippen LogP contribution is -2.36. The summed E-state index contributed by atoms with van der Waals surface area (Å²) in [6.45, 7) is 3.26. The van der Waals surface area contributed by atoms with E-state index in [9.17, 15) is 0 Å². The highest BCUT2D eigenvalue weighted by atomic mass is 15.1. The Kier molecular flexibility index (Phi) is 2.75. The fourth-order valence-corrected chi connectivity index (χ4v) is 2.08. The quantitative estimate of drug-likeness (QED) is 0.791. The van der Waals surface area contributed by atoms with Gasteiger partial charge in [0, 0.05) is 12.7 Å². The average Bonchev–Trinajstić information content (AvgIpc) is 2.17. The maximum Gasteiger partial charge on any atom is 0.221 e. The zero-order valence-electron chi connectivity index (χ0n) is 9.16. The van der Waals surface area contributed by atoms with E-state index in [2.05, 4.69) is 22.2 Å². The fourth-order valence-electron chi connectivity index (χ4n) is 2.08. The van der Waals surface area contributed by atoms with Crippen molar-refractivity contribution in [3.8, 4) is 0 Å². The Morgan fingerprint density at radius 3 is 2.87 bits per heavy atom. The molecule has 3 N–H and O–H groups in total. The molecule has 0 amide bonds. The molecular weight excluding hydrogens is 188 g/mol. The lowest BCUT2D eigenvalue weighted by atomic mass is 9.67. The molecule has 82 valence electrons. The molecule has 4 nitrogen and oxygen atoms in total. The van der Waals surface area contributed by atoms with Gasteiger partial charge in [-0.15, -0.1) is 0 Å². The van der Waals surface area contributed by atoms with Crippen LogP contribution in [0.5, 0.6) is 0 Å². The van der Waals surface area contributed by atoms with Crippen molar-refractivity contribution in [3.05, 3.63) is 12.3 Å². The lowest BCUT2D eigenvalue weighted by Gasteiger charge is -2.41. The molecule has 1 aromatic rings. The summed E-state index contributed by atoms with van der Waals surface area (Å²) in [6, 6.07) is 1.86. The Morgan fingerprint density at radius 1 is 1.53 bits per heavy atom. The Labute approximate surface area is 90.3 Å². The van der Waals surface area contributed by atoms with Gasteiger partial charge >= 0.3 is 0 Å². The number of hydrogen-bond donors (Lipinski definition) is 2. The van der Waals surface area contributed by atoms with Gasteiger partial charge in [-0.3, -0.25) is 0 Å². The molecule has 0 radical (unpaired) electrons. The van der Waals surface area contributed by atoms with Gasteiger partial charge in [-0.2, -0.15) is 4.98 Å². The predicted octanol–water partition coefficient (Wildman–Crippen LogP) is 2.05. The van der Waals surface area contributed by atoms with E-state index in [1.54, 1.807) is 6.20 Å². The van der Waals surface area contributed by atoms with Gasteiger partial charge in [-0.1, -0.05) is 13.3 Å². The third-order valence-electron chi connectivity index (χ3n) is 3.48. The molecule has 0 atom stereocenters. The number of nitrogens with zero attached hydrogens (tertiary/aromatic N) is 2. The Morgan fingerprint density at radius 2 is 2.33 bits per heavy atom. The summed E-state index contributed by atoms with van der Waals surface area (Å²) in [5.74, 6) is 1.17. The number of rotatable bonds is 4. The van der Waals surface area contributed by atoms with Crippen molar-refractivity contribution in [2.75, 3.05) is 17.6 Å². The van der Waals surface area contributed by atoms with Gasteiger partial charge < -0.3 is 11.1 Å². The molecule has 0 bridgehead atoms. The van der Waals surface area contributed by atoms with Crippen LogP contribution < -0.4 is 11.1 Å². The Bertz CT molecular complexity index is 328. The number of hydrogen-bond acceptors (Lipinski definition) is 4. The van der Waals surface area contributed by atoms with E-state index >= 15 is 0 Å². The van der Waals surface area contributed by atoms with Gasteiger partial charge in [-0.05, 0) is 30.7 Å². The van der Waals surface area contributed by atoms with Crippen LogP contribution in [-0.2, 0) is 0 Å². The first kappa shape index (κ1) is 10.2. The molecule has 0 aromatic carbocycles. The van der Waals surface area contributed by atoms with Gasteiger partial charge in [0.1, 0.15) is 5.82 Å². The van der Waals surface area contributed by atoms with Gasteiger partial charge in [0.25, 0.3) is 0 Å². The summed E-state index contributed by atoms with van der Waals surface area (Å²) >= 11 is 0. The largest absolute Gasteiger partial charge is 0.369 e. The van der Waals surface area contributed by atoms with Crippen molar-refractivity contribution >= 4 is 11.8 Å². The normalized spacial score (nSPS) is 18.2. The number of nitrogens with one attached hydrogen (secondary N) is 1. The van der Waals surface area contributed by atoms with Crippen LogP contribution in [0.3, 0.4) is 0 Å². The predicted molar refractivity (Wildman–Crippen MR) is 61.5 cm³/mol. The van der Waals surface area contributed by atoms with Gasteiger partial charge in [0.2, 0.25) is 5.95 Å². The van der Waals surface area contributed by atoms with Crippen molar-refractivity contribution in [3.63, 3.8) is 0 Å². The van der Waals surface area contributed by atoms with Crippen LogP contribution in [0.4, 0.5) is 11.8 Å². The van der Waals surface area contributed by atoms with Gasteiger partial charge in [-0.25, -0.2) is 4.98 Å². The SMILES string of the molecule is CCC1(CNc2ccnc(N)n2)CCC1. The molecule has 0 saturated heterocycles. The van der Waals surface area contributed by atoms with Crippen LogP contribution in [0.1, 0.15) is 32.6 Å². The van der Waals surface area contributed by atoms with E-state index < -0.39 is 0 Å². The van der Waals surface area contributed by atoms with Crippen molar-refractivity contribution < 1.29 is 0 Å². The maximum absolute atomic E-state index is 5.51. The molecule has 0 aliphatic heterocycles. The minimum Gasteiger partial charge on any atom is -0.369 e. The highest BCUT2D eigenvalue weighted by Gasteiger charge is 2.34. The average molecular weight is 206 g/mol. The van der Waals surface area contributed by atoms with E-state index in [0.717, 1.165) is 12.4 Å². The first-order valence-corrected chi connectivity index (χ1v) is 5.56. The molecule has 0 spiro atoms. The second-order valence-corrected chi connectivity index (χ2v) is 4.36. The number of aromatic nitrogens is 2. The summed E-state index contributed by atoms with van der Waals surface area (Å²) in [5, 5.41) is 3.35. The number of nitrogens with two attached hydrogens (primary N) is 1. The van der Waals surface area contributed by atoms with Gasteiger partial charge in [0.05, 0.1) is 0 Å². The lowest BCUT2D eigenvalue weighted by molar-refractivity contribution is 0.145. The molecule has 15 heavy (non-hydrogen) atoms. The zero-order chi connectivity index (χ0) is 10.7. The standard InChI is InChI=1S/C11H18N4/c1-2-11(5-3-6-11)8-14-9-4-7-13-10(12)15-9/h4,7H,2-3,5-6,8H2,1H3,(H3,12,13,14,15). The third kappa shape index (κ3) is 2.19. The van der Waals surface area contributed by atoms with E-state index in [1.807, 2.05) is 6.07 Å². The topological polar surface area (TPSA) is 63.8 Å². The molecule has 1 aliphatic rings. The van der Waals surface area contributed by atoms with Crippen LogP contribution in [-0.4, -0.2) is 16.5 Å². The summed E-state index contributed by atoms with van der Waals surface area (Å²) in [7, 11) is 0. The smallest absolute Gasteiger partial charge is 0.221 e. The van der Waals surface area contributed by atoms with E-state index in [-0.39, 0.29) is 0 Å². The third-order valence-corrected chi connectivity index (χ3v) is 3.48. The van der Waals surface area contributed by atoms with Crippen molar-refractivity contribution in [2.45, 2.75) is 32.6 Å². The summed E-state index contributed by atoms with van der Waals surface area (Å²) in [6.07, 6.45) is 6.94. The molecule has 1 heterocycles. The molecule has 2 rings (SSSR count). The number of anilines is 2. The zero-order valence-corrected chi connectivity index (χ0v) is 9.16. The van der Waals surface area contributed by atoms with E-state index in [1.165, 1.54) is 25.7 Å². The summed E-state index contributed by atoms with van der Waals surface area (Å²) in [4.78, 5) is 7.99. The van der Waals surface area contributed by atoms with Crippen molar-refractivity contribution in [1.82, 2.24) is 9.97 Å². The first-order chi connectivity index (χ1) is 7.24. The molecule has 1 fully saturated rings. The Balaban J connectivity index is 1.92. The van der Waals surface area contributed by atoms with Crippen LogP contribution >= 0.6 is 0 Å².